The zero-order chi connectivity index (χ0) is 15.3. The first-order valence-corrected chi connectivity index (χ1v) is 9.17. The molecular formula is C18H36N2O. The molecule has 3 atom stereocenters. The molecule has 0 amide bonds. The largest absolute Gasteiger partial charge is 0.373 e. The molecule has 3 heteroatoms. The maximum atomic E-state index is 5.92. The summed E-state index contributed by atoms with van der Waals surface area (Å²) in [6, 6.07) is 1.40. The van der Waals surface area contributed by atoms with E-state index in [2.05, 4.69) is 37.9 Å². The van der Waals surface area contributed by atoms with Crippen LogP contribution in [0.25, 0.3) is 0 Å². The van der Waals surface area contributed by atoms with Gasteiger partial charge in [-0.05, 0) is 52.0 Å². The summed E-state index contributed by atoms with van der Waals surface area (Å²) in [6.07, 6.45) is 8.12. The molecule has 1 aliphatic carbocycles. The van der Waals surface area contributed by atoms with Crippen molar-refractivity contribution in [3.8, 4) is 0 Å². The van der Waals surface area contributed by atoms with Gasteiger partial charge in [0.1, 0.15) is 0 Å². The molecule has 0 aromatic rings. The van der Waals surface area contributed by atoms with E-state index in [0.717, 1.165) is 32.2 Å². The molecule has 0 spiro atoms. The monoisotopic (exact) mass is 296 g/mol. The van der Waals surface area contributed by atoms with Crippen LogP contribution in [0.2, 0.25) is 0 Å². The maximum Gasteiger partial charge on any atom is 0.0753 e. The highest BCUT2D eigenvalue weighted by molar-refractivity contribution is 4.94. The predicted molar refractivity (Wildman–Crippen MR) is 89.7 cm³/mol. The Balaban J connectivity index is 2.01. The van der Waals surface area contributed by atoms with Crippen LogP contribution in [0, 0.1) is 5.92 Å². The molecule has 2 aliphatic rings. The van der Waals surface area contributed by atoms with Crippen LogP contribution in [0.5, 0.6) is 0 Å². The quantitative estimate of drug-likeness (QED) is 0.812. The molecule has 2 fully saturated rings. The van der Waals surface area contributed by atoms with E-state index in [4.69, 9.17) is 4.74 Å². The summed E-state index contributed by atoms with van der Waals surface area (Å²) in [5.41, 5.74) is 0.0191. The molecule has 2 rings (SSSR count). The number of ether oxygens (including phenoxy) is 1. The lowest BCUT2D eigenvalue weighted by molar-refractivity contribution is -0.106. The molecule has 124 valence electrons. The molecule has 3 nitrogen and oxygen atoms in total. The van der Waals surface area contributed by atoms with Gasteiger partial charge in [0.25, 0.3) is 0 Å². The van der Waals surface area contributed by atoms with Gasteiger partial charge in [0.15, 0.2) is 0 Å². The Morgan fingerprint density at radius 1 is 1.19 bits per heavy atom. The summed E-state index contributed by atoms with van der Waals surface area (Å²) < 4.78 is 5.92. The SMILES string of the molecule is CCCNC1CCC(CCC)CC1N1CCOC(C)(C)C1. The molecule has 1 saturated heterocycles. The second-order valence-corrected chi connectivity index (χ2v) is 7.67. The third-order valence-electron chi connectivity index (χ3n) is 5.20. The Kier molecular flexibility index (Phi) is 6.51. The van der Waals surface area contributed by atoms with Crippen molar-refractivity contribution < 1.29 is 4.74 Å². The number of rotatable bonds is 6. The van der Waals surface area contributed by atoms with Gasteiger partial charge in [-0.15, -0.1) is 0 Å². The molecule has 0 aromatic carbocycles. The molecule has 3 unspecified atom stereocenters. The van der Waals surface area contributed by atoms with Crippen LogP contribution in [0.15, 0.2) is 0 Å². The molecule has 1 saturated carbocycles. The first-order chi connectivity index (χ1) is 10.1. The first kappa shape index (κ1) is 17.2. The zero-order valence-electron chi connectivity index (χ0n) is 14.7. The van der Waals surface area contributed by atoms with Crippen LogP contribution >= 0.6 is 0 Å². The van der Waals surface area contributed by atoms with E-state index >= 15 is 0 Å². The molecule has 1 heterocycles. The van der Waals surface area contributed by atoms with E-state index in [1.807, 2.05) is 0 Å². The van der Waals surface area contributed by atoms with E-state index in [1.165, 1.54) is 38.5 Å². The summed E-state index contributed by atoms with van der Waals surface area (Å²) in [5, 5.41) is 3.83. The van der Waals surface area contributed by atoms with E-state index in [0.29, 0.717) is 12.1 Å². The molecule has 0 bridgehead atoms. The van der Waals surface area contributed by atoms with Crippen LogP contribution in [-0.4, -0.2) is 48.8 Å². The number of hydrogen-bond acceptors (Lipinski definition) is 3. The number of nitrogens with zero attached hydrogens (tertiary/aromatic N) is 1. The second-order valence-electron chi connectivity index (χ2n) is 7.67. The summed E-state index contributed by atoms with van der Waals surface area (Å²) in [4.78, 5) is 2.72. The van der Waals surface area contributed by atoms with E-state index in [1.54, 1.807) is 0 Å². The van der Waals surface area contributed by atoms with Crippen molar-refractivity contribution in [2.75, 3.05) is 26.2 Å². The number of morpholine rings is 1. The first-order valence-electron chi connectivity index (χ1n) is 9.17. The normalized spacial score (nSPS) is 34.0. The van der Waals surface area contributed by atoms with Gasteiger partial charge in [-0.2, -0.15) is 0 Å². The molecule has 0 aromatic heterocycles. The third-order valence-corrected chi connectivity index (χ3v) is 5.20. The molecule has 21 heavy (non-hydrogen) atoms. The summed E-state index contributed by atoms with van der Waals surface area (Å²) in [6.45, 7) is 13.3. The minimum absolute atomic E-state index is 0.0191. The van der Waals surface area contributed by atoms with Crippen molar-refractivity contribution in [3.63, 3.8) is 0 Å². The van der Waals surface area contributed by atoms with Gasteiger partial charge >= 0.3 is 0 Å². The smallest absolute Gasteiger partial charge is 0.0753 e. The number of hydrogen-bond donors (Lipinski definition) is 1. The van der Waals surface area contributed by atoms with Crippen molar-refractivity contribution in [3.05, 3.63) is 0 Å². The average molecular weight is 296 g/mol. The van der Waals surface area contributed by atoms with Crippen molar-refractivity contribution in [2.45, 2.75) is 83.9 Å². The Labute approximate surface area is 131 Å². The average Bonchev–Trinajstić information content (AvgIpc) is 2.45. The highest BCUT2D eigenvalue weighted by atomic mass is 16.5. The maximum absolute atomic E-state index is 5.92. The summed E-state index contributed by atoms with van der Waals surface area (Å²) in [5.74, 6) is 0.936. The Hall–Kier alpha value is -0.120. The van der Waals surface area contributed by atoms with E-state index in [-0.39, 0.29) is 5.60 Å². The van der Waals surface area contributed by atoms with Gasteiger partial charge in [0.2, 0.25) is 0 Å². The molecule has 1 aliphatic heterocycles. The van der Waals surface area contributed by atoms with Crippen LogP contribution < -0.4 is 5.32 Å². The summed E-state index contributed by atoms with van der Waals surface area (Å²) in [7, 11) is 0. The highest BCUT2D eigenvalue weighted by Gasteiger charge is 2.38. The fraction of sp³-hybridized carbons (Fsp3) is 1.00. The van der Waals surface area contributed by atoms with Gasteiger partial charge in [-0.25, -0.2) is 0 Å². The fourth-order valence-corrected chi connectivity index (χ4v) is 4.21. The Morgan fingerprint density at radius 3 is 2.67 bits per heavy atom. The molecule has 0 radical (unpaired) electrons. The van der Waals surface area contributed by atoms with E-state index in [9.17, 15) is 0 Å². The van der Waals surface area contributed by atoms with Crippen LogP contribution in [-0.2, 0) is 4.74 Å². The van der Waals surface area contributed by atoms with E-state index < -0.39 is 0 Å². The molecular weight excluding hydrogens is 260 g/mol. The van der Waals surface area contributed by atoms with Crippen LogP contribution in [0.3, 0.4) is 0 Å². The zero-order valence-corrected chi connectivity index (χ0v) is 14.7. The lowest BCUT2D eigenvalue weighted by atomic mass is 9.79. The lowest BCUT2D eigenvalue weighted by Crippen LogP contribution is -2.59. The lowest BCUT2D eigenvalue weighted by Gasteiger charge is -2.48. The van der Waals surface area contributed by atoms with Gasteiger partial charge in [0, 0.05) is 25.2 Å². The molecule has 1 N–H and O–H groups in total. The second kappa shape index (κ2) is 7.94. The van der Waals surface area contributed by atoms with Crippen molar-refractivity contribution in [1.82, 2.24) is 10.2 Å². The fourth-order valence-electron chi connectivity index (χ4n) is 4.21. The standard InChI is InChI=1S/C18H36N2O/c1-5-7-15-8-9-16(19-10-6-2)17(13-15)20-11-12-21-18(3,4)14-20/h15-17,19H,5-14H2,1-4H3. The number of nitrogens with one attached hydrogen (secondary N) is 1. The van der Waals surface area contributed by atoms with Crippen LogP contribution in [0.4, 0.5) is 0 Å². The van der Waals surface area contributed by atoms with Gasteiger partial charge in [0.05, 0.1) is 12.2 Å². The Morgan fingerprint density at radius 2 is 2.00 bits per heavy atom. The van der Waals surface area contributed by atoms with Crippen molar-refractivity contribution in [1.29, 1.82) is 0 Å². The van der Waals surface area contributed by atoms with Crippen LogP contribution in [0.1, 0.15) is 66.2 Å². The van der Waals surface area contributed by atoms with Gasteiger partial charge < -0.3 is 10.1 Å². The van der Waals surface area contributed by atoms with Gasteiger partial charge in [-0.3, -0.25) is 4.90 Å². The topological polar surface area (TPSA) is 24.5 Å². The van der Waals surface area contributed by atoms with Gasteiger partial charge in [-0.1, -0.05) is 26.7 Å². The predicted octanol–water partition coefficient (Wildman–Crippen LogP) is 3.43. The van der Waals surface area contributed by atoms with Crippen molar-refractivity contribution >= 4 is 0 Å². The Bertz CT molecular complexity index is 306. The summed E-state index contributed by atoms with van der Waals surface area (Å²) >= 11 is 0. The third kappa shape index (κ3) is 4.94. The highest BCUT2D eigenvalue weighted by Crippen LogP contribution is 2.33. The minimum Gasteiger partial charge on any atom is -0.373 e. The minimum atomic E-state index is 0.0191. The van der Waals surface area contributed by atoms with Crippen molar-refractivity contribution in [2.24, 2.45) is 5.92 Å².